The first-order chi connectivity index (χ1) is 8.74. The Morgan fingerprint density at radius 2 is 2.33 bits per heavy atom. The van der Waals surface area contributed by atoms with Crippen molar-refractivity contribution in [1.82, 2.24) is 4.90 Å². The van der Waals surface area contributed by atoms with Gasteiger partial charge in [0.2, 0.25) is 0 Å². The molecule has 1 aromatic carbocycles. The largest absolute Gasteiger partial charge is 0.302 e. The molecular formula is C14H15ClN2O. The number of hydrogen-bond acceptors (Lipinski definition) is 3. The van der Waals surface area contributed by atoms with E-state index in [2.05, 4.69) is 11.0 Å². The third kappa shape index (κ3) is 2.90. The van der Waals surface area contributed by atoms with Crippen LogP contribution in [0.4, 0.5) is 0 Å². The van der Waals surface area contributed by atoms with Crippen LogP contribution >= 0.6 is 11.6 Å². The van der Waals surface area contributed by atoms with Gasteiger partial charge >= 0.3 is 0 Å². The minimum Gasteiger partial charge on any atom is -0.302 e. The fourth-order valence-corrected chi connectivity index (χ4v) is 2.57. The number of nitriles is 1. The highest BCUT2D eigenvalue weighted by Crippen LogP contribution is 2.23. The van der Waals surface area contributed by atoms with Gasteiger partial charge in [0, 0.05) is 11.6 Å². The van der Waals surface area contributed by atoms with Crippen LogP contribution < -0.4 is 0 Å². The van der Waals surface area contributed by atoms with Crippen LogP contribution in [0.25, 0.3) is 0 Å². The van der Waals surface area contributed by atoms with Crippen molar-refractivity contribution in [2.45, 2.75) is 31.8 Å². The van der Waals surface area contributed by atoms with Crippen LogP contribution in [0.3, 0.4) is 0 Å². The van der Waals surface area contributed by atoms with Crippen molar-refractivity contribution in [3.8, 4) is 6.07 Å². The second-order valence-electron chi connectivity index (χ2n) is 4.59. The van der Waals surface area contributed by atoms with Gasteiger partial charge in [-0.05, 0) is 37.1 Å². The Hall–Kier alpha value is -1.37. The van der Waals surface area contributed by atoms with Crippen molar-refractivity contribution >= 4 is 17.9 Å². The number of carbonyl (C=O) groups is 1. The van der Waals surface area contributed by atoms with Crippen molar-refractivity contribution < 1.29 is 4.79 Å². The van der Waals surface area contributed by atoms with Crippen molar-refractivity contribution in [3.63, 3.8) is 0 Å². The predicted octanol–water partition coefficient (Wildman–Crippen LogP) is 2.77. The molecule has 0 aliphatic carbocycles. The van der Waals surface area contributed by atoms with Crippen LogP contribution in [0.2, 0.25) is 5.02 Å². The van der Waals surface area contributed by atoms with Crippen LogP contribution in [0, 0.1) is 11.3 Å². The van der Waals surface area contributed by atoms with E-state index in [1.165, 1.54) is 0 Å². The molecule has 0 saturated carbocycles. The maximum Gasteiger partial charge on any atom is 0.137 e. The van der Waals surface area contributed by atoms with E-state index in [0.29, 0.717) is 17.1 Å². The SMILES string of the molecule is N#Cc1ccc(CN2CCCCC2C=O)c(Cl)c1. The summed E-state index contributed by atoms with van der Waals surface area (Å²) in [5.74, 6) is 0. The van der Waals surface area contributed by atoms with Gasteiger partial charge in [0.15, 0.2) is 0 Å². The van der Waals surface area contributed by atoms with E-state index >= 15 is 0 Å². The van der Waals surface area contributed by atoms with Crippen LogP contribution in [0.15, 0.2) is 18.2 Å². The Morgan fingerprint density at radius 3 is 3.00 bits per heavy atom. The maximum absolute atomic E-state index is 11.0. The Bertz CT molecular complexity index is 481. The summed E-state index contributed by atoms with van der Waals surface area (Å²) in [6, 6.07) is 7.38. The van der Waals surface area contributed by atoms with E-state index in [1.54, 1.807) is 12.1 Å². The molecule has 2 rings (SSSR count). The molecule has 0 amide bonds. The molecule has 0 radical (unpaired) electrons. The lowest BCUT2D eigenvalue weighted by Crippen LogP contribution is -2.39. The highest BCUT2D eigenvalue weighted by molar-refractivity contribution is 6.31. The molecule has 0 spiro atoms. The minimum absolute atomic E-state index is 0.00506. The zero-order valence-electron chi connectivity index (χ0n) is 10.1. The van der Waals surface area contributed by atoms with Gasteiger partial charge in [-0.25, -0.2) is 0 Å². The number of aldehydes is 1. The standard InChI is InChI=1S/C14H15ClN2O/c15-14-7-11(8-16)4-5-12(14)9-17-6-2-1-3-13(17)10-18/h4-5,7,10,13H,1-3,6,9H2. The van der Waals surface area contributed by atoms with Gasteiger partial charge in [-0.3, -0.25) is 4.90 Å². The predicted molar refractivity (Wildman–Crippen MR) is 70.3 cm³/mol. The molecule has 0 N–H and O–H groups in total. The normalized spacial score (nSPS) is 20.3. The molecule has 18 heavy (non-hydrogen) atoms. The van der Waals surface area contributed by atoms with Gasteiger partial charge in [-0.1, -0.05) is 24.1 Å². The Morgan fingerprint density at radius 1 is 1.50 bits per heavy atom. The second-order valence-corrected chi connectivity index (χ2v) is 4.99. The Kier molecular flexibility index (Phi) is 4.35. The second kappa shape index (κ2) is 5.99. The molecule has 1 aliphatic heterocycles. The lowest BCUT2D eigenvalue weighted by molar-refractivity contribution is -0.113. The first-order valence-corrected chi connectivity index (χ1v) is 6.50. The molecule has 1 aliphatic rings. The number of carbonyl (C=O) groups excluding carboxylic acids is 1. The summed E-state index contributed by atoms with van der Waals surface area (Å²) >= 11 is 6.15. The average Bonchev–Trinajstić information content (AvgIpc) is 2.41. The maximum atomic E-state index is 11.0. The molecule has 0 aromatic heterocycles. The molecule has 4 heteroatoms. The summed E-state index contributed by atoms with van der Waals surface area (Å²) in [5, 5.41) is 9.39. The zero-order chi connectivity index (χ0) is 13.0. The van der Waals surface area contributed by atoms with Crippen molar-refractivity contribution in [2.24, 2.45) is 0 Å². The fraction of sp³-hybridized carbons (Fsp3) is 0.429. The average molecular weight is 263 g/mol. The van der Waals surface area contributed by atoms with Gasteiger partial charge in [-0.15, -0.1) is 0 Å². The van der Waals surface area contributed by atoms with Crippen molar-refractivity contribution in [1.29, 1.82) is 5.26 Å². The fourth-order valence-electron chi connectivity index (χ4n) is 2.33. The van der Waals surface area contributed by atoms with E-state index in [-0.39, 0.29) is 6.04 Å². The topological polar surface area (TPSA) is 44.1 Å². The summed E-state index contributed by atoms with van der Waals surface area (Å²) in [4.78, 5) is 13.2. The number of halogens is 1. The third-order valence-electron chi connectivity index (χ3n) is 3.38. The Labute approximate surface area is 112 Å². The molecule has 1 unspecified atom stereocenters. The monoisotopic (exact) mass is 262 g/mol. The summed E-state index contributed by atoms with van der Waals surface area (Å²) in [6.45, 7) is 1.60. The highest BCUT2D eigenvalue weighted by Gasteiger charge is 2.22. The smallest absolute Gasteiger partial charge is 0.137 e. The van der Waals surface area contributed by atoms with E-state index in [1.807, 2.05) is 6.07 Å². The molecule has 1 saturated heterocycles. The lowest BCUT2D eigenvalue weighted by Gasteiger charge is -2.32. The number of benzene rings is 1. The zero-order valence-corrected chi connectivity index (χ0v) is 10.9. The lowest BCUT2D eigenvalue weighted by atomic mass is 10.0. The quantitative estimate of drug-likeness (QED) is 0.787. The van der Waals surface area contributed by atoms with E-state index in [9.17, 15) is 4.79 Å². The number of piperidine rings is 1. The van der Waals surface area contributed by atoms with Crippen LogP contribution in [-0.2, 0) is 11.3 Å². The Balaban J connectivity index is 2.13. The van der Waals surface area contributed by atoms with Gasteiger partial charge < -0.3 is 4.79 Å². The van der Waals surface area contributed by atoms with Crippen molar-refractivity contribution in [2.75, 3.05) is 6.54 Å². The molecular weight excluding hydrogens is 248 g/mol. The highest BCUT2D eigenvalue weighted by atomic mass is 35.5. The van der Waals surface area contributed by atoms with E-state index < -0.39 is 0 Å². The van der Waals surface area contributed by atoms with Crippen LogP contribution in [0.1, 0.15) is 30.4 Å². The summed E-state index contributed by atoms with van der Waals surface area (Å²) in [7, 11) is 0. The van der Waals surface area contributed by atoms with Gasteiger partial charge in [0.1, 0.15) is 6.29 Å². The summed E-state index contributed by atoms with van der Waals surface area (Å²) in [6.07, 6.45) is 4.19. The van der Waals surface area contributed by atoms with Gasteiger partial charge in [0.05, 0.1) is 17.7 Å². The number of likely N-dealkylation sites (tertiary alicyclic amines) is 1. The van der Waals surface area contributed by atoms with Gasteiger partial charge in [0.25, 0.3) is 0 Å². The third-order valence-corrected chi connectivity index (χ3v) is 3.73. The molecule has 3 nitrogen and oxygen atoms in total. The first kappa shape index (κ1) is 13.1. The number of nitrogens with zero attached hydrogens (tertiary/aromatic N) is 2. The molecule has 94 valence electrons. The van der Waals surface area contributed by atoms with E-state index in [4.69, 9.17) is 16.9 Å². The molecule has 0 bridgehead atoms. The van der Waals surface area contributed by atoms with Crippen molar-refractivity contribution in [3.05, 3.63) is 34.3 Å². The van der Waals surface area contributed by atoms with Crippen LogP contribution in [-0.4, -0.2) is 23.8 Å². The number of hydrogen-bond donors (Lipinski definition) is 0. The van der Waals surface area contributed by atoms with Gasteiger partial charge in [-0.2, -0.15) is 5.26 Å². The molecule has 1 atom stereocenters. The molecule has 1 heterocycles. The first-order valence-electron chi connectivity index (χ1n) is 6.12. The summed E-state index contributed by atoms with van der Waals surface area (Å²) in [5.41, 5.74) is 1.54. The molecule has 1 aromatic rings. The molecule has 1 fully saturated rings. The number of rotatable bonds is 3. The minimum atomic E-state index is 0.00506. The summed E-state index contributed by atoms with van der Waals surface area (Å²) < 4.78 is 0. The van der Waals surface area contributed by atoms with E-state index in [0.717, 1.165) is 37.7 Å². The van der Waals surface area contributed by atoms with Crippen LogP contribution in [0.5, 0.6) is 0 Å².